The molecule has 0 radical (unpaired) electrons. The summed E-state index contributed by atoms with van der Waals surface area (Å²) in [5.74, 6) is -0.0258. The first-order chi connectivity index (χ1) is 11.2. The summed E-state index contributed by atoms with van der Waals surface area (Å²) in [6.45, 7) is 13.3. The standard InChI is InChI=1S/C21H29FO2/c1-7-14(18(22)13-23)15-11-16-17(12-19(15)24-8-2)21(5,6)10-9-20(16,3)4/h11-13H,7-10H2,1-6H3. The van der Waals surface area contributed by atoms with Crippen molar-refractivity contribution in [3.63, 3.8) is 0 Å². The lowest BCUT2D eigenvalue weighted by Crippen LogP contribution is -2.34. The number of allylic oxidation sites excluding steroid dienone is 2. The van der Waals surface area contributed by atoms with Crippen molar-refractivity contribution in [1.82, 2.24) is 0 Å². The number of rotatable bonds is 5. The van der Waals surface area contributed by atoms with E-state index in [2.05, 4.69) is 39.8 Å². The molecule has 0 amide bonds. The van der Waals surface area contributed by atoms with Crippen LogP contribution in [0.5, 0.6) is 5.75 Å². The van der Waals surface area contributed by atoms with E-state index in [9.17, 15) is 9.18 Å². The van der Waals surface area contributed by atoms with E-state index in [0.29, 0.717) is 36.2 Å². The van der Waals surface area contributed by atoms with Gasteiger partial charge >= 0.3 is 0 Å². The van der Waals surface area contributed by atoms with E-state index in [1.807, 2.05) is 13.8 Å². The maximum atomic E-state index is 14.1. The van der Waals surface area contributed by atoms with Crippen LogP contribution in [-0.4, -0.2) is 12.9 Å². The molecule has 0 fully saturated rings. The minimum Gasteiger partial charge on any atom is -0.493 e. The van der Waals surface area contributed by atoms with Crippen LogP contribution in [0.3, 0.4) is 0 Å². The predicted octanol–water partition coefficient (Wildman–Crippen LogP) is 5.72. The summed E-state index contributed by atoms with van der Waals surface area (Å²) in [5.41, 5.74) is 3.74. The normalized spacial score (nSPS) is 19.3. The summed E-state index contributed by atoms with van der Waals surface area (Å²) in [5, 5.41) is 0. The molecule has 0 aromatic heterocycles. The Morgan fingerprint density at radius 3 is 2.12 bits per heavy atom. The Labute approximate surface area is 145 Å². The van der Waals surface area contributed by atoms with Gasteiger partial charge in [-0.05, 0) is 60.3 Å². The largest absolute Gasteiger partial charge is 0.493 e. The Morgan fingerprint density at radius 1 is 1.12 bits per heavy atom. The number of hydrogen-bond acceptors (Lipinski definition) is 2. The van der Waals surface area contributed by atoms with Crippen molar-refractivity contribution in [2.45, 2.75) is 71.6 Å². The SMILES string of the molecule is CCOc1cc2c(cc1C(CC)=C(F)C=O)C(C)(C)CCC2(C)C. The molecule has 0 saturated carbocycles. The van der Waals surface area contributed by atoms with E-state index < -0.39 is 5.83 Å². The van der Waals surface area contributed by atoms with Crippen LogP contribution in [0, 0.1) is 0 Å². The fourth-order valence-electron chi connectivity index (χ4n) is 3.66. The first-order valence-electron chi connectivity index (χ1n) is 8.84. The fourth-order valence-corrected chi connectivity index (χ4v) is 3.66. The number of carbonyl (C=O) groups is 1. The molecule has 1 aromatic carbocycles. The molecule has 0 saturated heterocycles. The van der Waals surface area contributed by atoms with Crippen LogP contribution < -0.4 is 4.74 Å². The third-order valence-electron chi connectivity index (χ3n) is 5.32. The molecule has 2 nitrogen and oxygen atoms in total. The molecule has 0 N–H and O–H groups in total. The van der Waals surface area contributed by atoms with E-state index in [0.717, 1.165) is 12.8 Å². The summed E-state index contributed by atoms with van der Waals surface area (Å²) in [6, 6.07) is 4.13. The molecule has 0 unspecified atom stereocenters. The second kappa shape index (κ2) is 6.70. The average molecular weight is 332 g/mol. The highest BCUT2D eigenvalue weighted by molar-refractivity contribution is 5.87. The van der Waals surface area contributed by atoms with Crippen molar-refractivity contribution in [2.24, 2.45) is 0 Å². The quantitative estimate of drug-likeness (QED) is 0.509. The zero-order valence-corrected chi connectivity index (χ0v) is 15.8. The lowest BCUT2D eigenvalue weighted by atomic mass is 9.62. The van der Waals surface area contributed by atoms with Gasteiger partial charge < -0.3 is 4.74 Å². The van der Waals surface area contributed by atoms with E-state index in [1.54, 1.807) is 0 Å². The second-order valence-electron chi connectivity index (χ2n) is 7.89. The lowest BCUT2D eigenvalue weighted by Gasteiger charge is -2.42. The minimum absolute atomic E-state index is 0.0286. The highest BCUT2D eigenvalue weighted by Gasteiger charge is 2.38. The second-order valence-corrected chi connectivity index (χ2v) is 7.89. The van der Waals surface area contributed by atoms with Crippen molar-refractivity contribution in [1.29, 1.82) is 0 Å². The molecule has 2 rings (SSSR count). The van der Waals surface area contributed by atoms with E-state index in [4.69, 9.17) is 4.74 Å². The third-order valence-corrected chi connectivity index (χ3v) is 5.32. The third kappa shape index (κ3) is 3.26. The number of fused-ring (bicyclic) bond motifs is 1. The number of hydrogen-bond donors (Lipinski definition) is 0. The molecule has 1 aliphatic rings. The van der Waals surface area contributed by atoms with E-state index in [1.165, 1.54) is 11.1 Å². The van der Waals surface area contributed by atoms with Crippen LogP contribution >= 0.6 is 0 Å². The van der Waals surface area contributed by atoms with Gasteiger partial charge in [-0.15, -0.1) is 0 Å². The highest BCUT2D eigenvalue weighted by Crippen LogP contribution is 2.49. The molecule has 132 valence electrons. The summed E-state index contributed by atoms with van der Waals surface area (Å²) in [7, 11) is 0. The predicted molar refractivity (Wildman–Crippen MR) is 97.3 cm³/mol. The van der Waals surface area contributed by atoms with Gasteiger partial charge in [-0.3, -0.25) is 4.79 Å². The van der Waals surface area contributed by atoms with Gasteiger partial charge in [0.25, 0.3) is 0 Å². The summed E-state index contributed by atoms with van der Waals surface area (Å²) >= 11 is 0. The molecule has 0 aliphatic heterocycles. The Morgan fingerprint density at radius 2 is 1.67 bits per heavy atom. The number of halogens is 1. The summed E-state index contributed by atoms with van der Waals surface area (Å²) in [4.78, 5) is 11.0. The van der Waals surface area contributed by atoms with Gasteiger partial charge in [-0.2, -0.15) is 0 Å². The van der Waals surface area contributed by atoms with Crippen LogP contribution in [0.2, 0.25) is 0 Å². The molecule has 0 bridgehead atoms. The van der Waals surface area contributed by atoms with Gasteiger partial charge in [0.15, 0.2) is 12.1 Å². The molecule has 1 aliphatic carbocycles. The monoisotopic (exact) mass is 332 g/mol. The smallest absolute Gasteiger partial charge is 0.178 e. The highest BCUT2D eigenvalue weighted by atomic mass is 19.1. The molecule has 1 aromatic rings. The maximum absolute atomic E-state index is 14.1. The Bertz CT molecular complexity index is 669. The topological polar surface area (TPSA) is 26.3 Å². The van der Waals surface area contributed by atoms with Crippen LogP contribution in [0.15, 0.2) is 18.0 Å². The molecular formula is C21H29FO2. The van der Waals surface area contributed by atoms with Crippen LogP contribution in [-0.2, 0) is 15.6 Å². The summed E-state index contributed by atoms with van der Waals surface area (Å²) in [6.07, 6.45) is 2.94. The number of aldehydes is 1. The van der Waals surface area contributed by atoms with Crippen LogP contribution in [0.4, 0.5) is 4.39 Å². The van der Waals surface area contributed by atoms with E-state index >= 15 is 0 Å². The molecule has 3 heteroatoms. The van der Waals surface area contributed by atoms with E-state index in [-0.39, 0.29) is 10.8 Å². The van der Waals surface area contributed by atoms with Gasteiger partial charge in [0, 0.05) is 11.1 Å². The van der Waals surface area contributed by atoms with Crippen molar-refractivity contribution in [3.05, 3.63) is 34.6 Å². The van der Waals surface area contributed by atoms with Gasteiger partial charge in [-0.1, -0.05) is 34.6 Å². The van der Waals surface area contributed by atoms with Crippen molar-refractivity contribution < 1.29 is 13.9 Å². The van der Waals surface area contributed by atoms with Crippen molar-refractivity contribution >= 4 is 11.9 Å². The summed E-state index contributed by atoms with van der Waals surface area (Å²) < 4.78 is 20.0. The number of benzene rings is 1. The molecule has 0 spiro atoms. The Balaban J connectivity index is 2.80. The molecule has 0 heterocycles. The Kier molecular flexibility index (Phi) is 5.22. The zero-order valence-electron chi connectivity index (χ0n) is 15.8. The Hall–Kier alpha value is -1.64. The van der Waals surface area contributed by atoms with Gasteiger partial charge in [0.2, 0.25) is 0 Å². The van der Waals surface area contributed by atoms with Crippen LogP contribution in [0.1, 0.15) is 77.5 Å². The van der Waals surface area contributed by atoms with Crippen molar-refractivity contribution in [2.75, 3.05) is 6.61 Å². The number of carbonyl (C=O) groups excluding carboxylic acids is 1. The van der Waals surface area contributed by atoms with Gasteiger partial charge in [-0.25, -0.2) is 4.39 Å². The molecular weight excluding hydrogens is 303 g/mol. The number of ether oxygens (including phenoxy) is 1. The van der Waals surface area contributed by atoms with Gasteiger partial charge in [0.05, 0.1) is 6.61 Å². The minimum atomic E-state index is -0.703. The fraction of sp³-hybridized carbons (Fsp3) is 0.571. The first-order valence-corrected chi connectivity index (χ1v) is 8.84. The molecule has 24 heavy (non-hydrogen) atoms. The van der Waals surface area contributed by atoms with Crippen LogP contribution in [0.25, 0.3) is 5.57 Å². The van der Waals surface area contributed by atoms with Gasteiger partial charge in [0.1, 0.15) is 5.75 Å². The first kappa shape index (κ1) is 18.7. The molecule has 0 atom stereocenters. The lowest BCUT2D eigenvalue weighted by molar-refractivity contribution is -0.106. The van der Waals surface area contributed by atoms with Crippen molar-refractivity contribution in [3.8, 4) is 5.75 Å². The maximum Gasteiger partial charge on any atom is 0.178 e. The zero-order chi connectivity index (χ0) is 18.1. The average Bonchev–Trinajstić information content (AvgIpc) is 2.53.